The van der Waals surface area contributed by atoms with E-state index in [1.165, 1.54) is 6.07 Å². The van der Waals surface area contributed by atoms with E-state index in [9.17, 15) is 27.8 Å². The second-order valence-corrected chi connectivity index (χ2v) is 5.82. The van der Waals surface area contributed by atoms with Crippen LogP contribution >= 0.6 is 15.9 Å². The number of alkyl halides is 4. The Balaban J connectivity index is 2.28. The molecule has 3 N–H and O–H groups in total. The summed E-state index contributed by atoms with van der Waals surface area (Å²) in [4.78, 5) is 0. The lowest BCUT2D eigenvalue weighted by Crippen LogP contribution is -2.58. The molecule has 2 rings (SSSR count). The standard InChI is InChI=1S/C13H13BrF4O5/c14-5-1-2-7(6(3-5)13(16,17)18)22-12-9(15)11(21)10(20)8(4-19)23-12/h1-3,8-12,19-21H,4H2/t8?,9-,10+,11?,12-/m0/s1. The van der Waals surface area contributed by atoms with Gasteiger partial charge in [-0.15, -0.1) is 0 Å². The van der Waals surface area contributed by atoms with E-state index >= 15 is 0 Å². The Bertz CT molecular complexity index is 554. The van der Waals surface area contributed by atoms with Crippen LogP contribution in [0.25, 0.3) is 0 Å². The van der Waals surface area contributed by atoms with Crippen molar-refractivity contribution in [2.24, 2.45) is 0 Å². The first-order chi connectivity index (χ1) is 10.6. The van der Waals surface area contributed by atoms with Gasteiger partial charge in [0.1, 0.15) is 24.1 Å². The molecule has 23 heavy (non-hydrogen) atoms. The van der Waals surface area contributed by atoms with Gasteiger partial charge in [-0.25, -0.2) is 4.39 Å². The van der Waals surface area contributed by atoms with Crippen LogP contribution < -0.4 is 4.74 Å². The molecule has 1 aromatic carbocycles. The van der Waals surface area contributed by atoms with Crippen LogP contribution in [0.15, 0.2) is 22.7 Å². The number of benzene rings is 1. The van der Waals surface area contributed by atoms with Crippen LogP contribution in [0.2, 0.25) is 0 Å². The number of ether oxygens (including phenoxy) is 2. The molecule has 0 radical (unpaired) electrons. The molecule has 1 saturated heterocycles. The lowest BCUT2D eigenvalue weighted by Gasteiger charge is -2.38. The summed E-state index contributed by atoms with van der Waals surface area (Å²) >= 11 is 2.90. The second-order valence-electron chi connectivity index (χ2n) is 4.91. The predicted molar refractivity (Wildman–Crippen MR) is 72.4 cm³/mol. The fourth-order valence-electron chi connectivity index (χ4n) is 2.09. The third kappa shape index (κ3) is 3.94. The molecule has 5 atom stereocenters. The highest BCUT2D eigenvalue weighted by molar-refractivity contribution is 9.10. The molecule has 1 fully saturated rings. The molecule has 130 valence electrons. The number of hydrogen-bond donors (Lipinski definition) is 3. The van der Waals surface area contributed by atoms with Crippen molar-refractivity contribution in [1.29, 1.82) is 0 Å². The first-order valence-electron chi connectivity index (χ1n) is 6.45. The van der Waals surface area contributed by atoms with Crippen LogP contribution in [0.3, 0.4) is 0 Å². The summed E-state index contributed by atoms with van der Waals surface area (Å²) in [5, 5.41) is 28.0. The van der Waals surface area contributed by atoms with Gasteiger partial charge < -0.3 is 24.8 Å². The summed E-state index contributed by atoms with van der Waals surface area (Å²) in [6, 6.07) is 2.98. The van der Waals surface area contributed by atoms with Crippen molar-refractivity contribution in [2.45, 2.75) is 36.9 Å². The molecule has 0 aliphatic carbocycles. The smallest absolute Gasteiger partial charge is 0.420 e. The molecule has 5 nitrogen and oxygen atoms in total. The molecule has 1 aromatic rings. The third-order valence-electron chi connectivity index (χ3n) is 3.30. The average molecular weight is 405 g/mol. The Hall–Kier alpha value is -0.940. The van der Waals surface area contributed by atoms with Crippen molar-refractivity contribution in [1.82, 2.24) is 0 Å². The fraction of sp³-hybridized carbons (Fsp3) is 0.538. The lowest BCUT2D eigenvalue weighted by atomic mass is 10.0. The second kappa shape index (κ2) is 6.89. The molecule has 2 unspecified atom stereocenters. The Kier molecular flexibility index (Phi) is 5.52. The summed E-state index contributed by atoms with van der Waals surface area (Å²) in [7, 11) is 0. The van der Waals surface area contributed by atoms with Crippen LogP contribution in [-0.4, -0.2) is 52.7 Å². The van der Waals surface area contributed by atoms with E-state index < -0.39 is 54.9 Å². The largest absolute Gasteiger partial charge is 0.461 e. The molecule has 1 aliphatic heterocycles. The number of hydrogen-bond acceptors (Lipinski definition) is 5. The van der Waals surface area contributed by atoms with Crippen molar-refractivity contribution in [3.8, 4) is 5.75 Å². The van der Waals surface area contributed by atoms with Gasteiger partial charge in [0.25, 0.3) is 0 Å². The summed E-state index contributed by atoms with van der Waals surface area (Å²) in [5.74, 6) is -0.700. The van der Waals surface area contributed by atoms with Crippen molar-refractivity contribution in [3.63, 3.8) is 0 Å². The summed E-state index contributed by atoms with van der Waals surface area (Å²) < 4.78 is 62.9. The molecule has 10 heteroatoms. The van der Waals surface area contributed by atoms with Gasteiger partial charge in [-0.2, -0.15) is 13.2 Å². The van der Waals surface area contributed by atoms with Crippen molar-refractivity contribution in [3.05, 3.63) is 28.2 Å². The van der Waals surface area contributed by atoms with Gasteiger partial charge in [-0.05, 0) is 18.2 Å². The lowest BCUT2D eigenvalue weighted by molar-refractivity contribution is -0.262. The summed E-state index contributed by atoms with van der Waals surface area (Å²) in [6.45, 7) is -0.767. The van der Waals surface area contributed by atoms with Crippen LogP contribution in [0.4, 0.5) is 17.6 Å². The van der Waals surface area contributed by atoms with Crippen LogP contribution in [-0.2, 0) is 10.9 Å². The van der Waals surface area contributed by atoms with E-state index in [-0.39, 0.29) is 4.47 Å². The van der Waals surface area contributed by atoms with Crippen LogP contribution in [0.5, 0.6) is 5.75 Å². The first-order valence-corrected chi connectivity index (χ1v) is 7.24. The minimum atomic E-state index is -4.76. The highest BCUT2D eigenvalue weighted by Gasteiger charge is 2.47. The molecule has 1 aliphatic rings. The molecular formula is C13H13BrF4O5. The number of aliphatic hydroxyl groups is 3. The molecule has 0 spiro atoms. The van der Waals surface area contributed by atoms with Gasteiger partial charge in [0.2, 0.25) is 6.29 Å². The molecule has 1 heterocycles. The Morgan fingerprint density at radius 3 is 2.43 bits per heavy atom. The van der Waals surface area contributed by atoms with E-state index in [1.54, 1.807) is 0 Å². The number of aliphatic hydroxyl groups excluding tert-OH is 3. The monoisotopic (exact) mass is 404 g/mol. The van der Waals surface area contributed by atoms with Gasteiger partial charge in [-0.1, -0.05) is 15.9 Å². The van der Waals surface area contributed by atoms with Gasteiger partial charge in [0.05, 0.1) is 12.2 Å². The van der Waals surface area contributed by atoms with Gasteiger partial charge >= 0.3 is 6.18 Å². The first kappa shape index (κ1) is 18.4. The fourth-order valence-corrected chi connectivity index (χ4v) is 2.45. The highest BCUT2D eigenvalue weighted by atomic mass is 79.9. The molecule has 0 bridgehead atoms. The van der Waals surface area contributed by atoms with E-state index in [0.29, 0.717) is 0 Å². The van der Waals surface area contributed by atoms with E-state index in [1.807, 2.05) is 0 Å². The molecular weight excluding hydrogens is 392 g/mol. The molecule has 0 amide bonds. The zero-order valence-electron chi connectivity index (χ0n) is 11.4. The Morgan fingerprint density at radius 1 is 1.22 bits per heavy atom. The highest BCUT2D eigenvalue weighted by Crippen LogP contribution is 2.39. The van der Waals surface area contributed by atoms with Crippen LogP contribution in [0.1, 0.15) is 5.56 Å². The van der Waals surface area contributed by atoms with Crippen molar-refractivity contribution in [2.75, 3.05) is 6.61 Å². The van der Waals surface area contributed by atoms with Crippen molar-refractivity contribution < 1.29 is 42.4 Å². The topological polar surface area (TPSA) is 79.2 Å². The third-order valence-corrected chi connectivity index (χ3v) is 3.79. The number of halogens is 5. The normalized spacial score (nSPS) is 31.9. The maximum atomic E-state index is 14.0. The van der Waals surface area contributed by atoms with Crippen LogP contribution in [0, 0.1) is 0 Å². The van der Waals surface area contributed by atoms with E-state index in [0.717, 1.165) is 12.1 Å². The van der Waals surface area contributed by atoms with Gasteiger partial charge in [-0.3, -0.25) is 0 Å². The minimum Gasteiger partial charge on any atom is -0.461 e. The minimum absolute atomic E-state index is 0.141. The number of rotatable bonds is 3. The van der Waals surface area contributed by atoms with E-state index in [4.69, 9.17) is 14.6 Å². The zero-order chi connectivity index (χ0) is 17.4. The molecule has 0 saturated carbocycles. The quantitative estimate of drug-likeness (QED) is 0.667. The zero-order valence-corrected chi connectivity index (χ0v) is 13.0. The van der Waals surface area contributed by atoms with E-state index in [2.05, 4.69) is 15.9 Å². The Labute approximate surface area is 136 Å². The van der Waals surface area contributed by atoms with Gasteiger partial charge in [0, 0.05) is 4.47 Å². The maximum Gasteiger partial charge on any atom is 0.420 e. The molecule has 0 aromatic heterocycles. The average Bonchev–Trinajstić information content (AvgIpc) is 2.48. The summed E-state index contributed by atoms with van der Waals surface area (Å²) in [5.41, 5.74) is -1.16. The van der Waals surface area contributed by atoms with Crippen molar-refractivity contribution >= 4 is 15.9 Å². The SMILES string of the molecule is OCC1O[C@H](Oc2ccc(Br)cc2C(F)(F)F)[C@@H](F)C(O)[C@@H]1O. The van der Waals surface area contributed by atoms with Gasteiger partial charge in [0.15, 0.2) is 6.17 Å². The summed E-state index contributed by atoms with van der Waals surface area (Å²) in [6.07, 6.45) is -14.0. The maximum absolute atomic E-state index is 14.0. The predicted octanol–water partition coefficient (Wildman–Crippen LogP) is 1.62. The Morgan fingerprint density at radius 2 is 1.87 bits per heavy atom.